The lowest BCUT2D eigenvalue weighted by molar-refractivity contribution is -0.118. The monoisotopic (exact) mass is 399 g/mol. The van der Waals surface area contributed by atoms with Crippen molar-refractivity contribution >= 4 is 44.1 Å². The molecule has 0 saturated carbocycles. The molecule has 0 aliphatic heterocycles. The number of fused-ring (bicyclic) bond motifs is 1. The fourth-order valence-electron chi connectivity index (χ4n) is 2.51. The second kappa shape index (κ2) is 7.53. The highest BCUT2D eigenvalue weighted by Crippen LogP contribution is 2.33. The summed E-state index contributed by atoms with van der Waals surface area (Å²) in [5.41, 5.74) is 0.652. The van der Waals surface area contributed by atoms with Gasteiger partial charge in [-0.1, -0.05) is 30.3 Å². The molecule has 0 radical (unpaired) electrons. The van der Waals surface area contributed by atoms with Gasteiger partial charge in [0.2, 0.25) is 0 Å². The van der Waals surface area contributed by atoms with Crippen LogP contribution in [0.15, 0.2) is 59.2 Å². The number of ether oxygens (including phenoxy) is 1. The normalized spacial score (nSPS) is 10.5. The Balaban J connectivity index is 1.70. The zero-order valence-electron chi connectivity index (χ0n) is 14.0. The number of nitrogens with one attached hydrogen (secondary N) is 1. The summed E-state index contributed by atoms with van der Waals surface area (Å²) in [6.07, 6.45) is 1.69. The smallest absolute Gasteiger partial charge is 0.262 e. The number of hydrogen-bond donors (Lipinski definition) is 1. The Hall–Kier alpha value is -2.60. The number of halogens is 1. The molecule has 128 valence electrons. The lowest BCUT2D eigenvalue weighted by Crippen LogP contribution is -2.22. The quantitative estimate of drug-likeness (QED) is 0.701. The first kappa shape index (κ1) is 17.2. The Labute approximate surface area is 154 Å². The number of carbonyl (C=O) groups is 1. The summed E-state index contributed by atoms with van der Waals surface area (Å²) >= 11 is 3.56. The van der Waals surface area contributed by atoms with E-state index in [4.69, 9.17) is 4.74 Å². The maximum absolute atomic E-state index is 12.2. The van der Waals surface area contributed by atoms with Gasteiger partial charge < -0.3 is 15.0 Å². The number of nitrogens with zero attached hydrogens (tertiary/aromatic N) is 2. The van der Waals surface area contributed by atoms with Crippen molar-refractivity contribution in [3.8, 4) is 5.75 Å². The van der Waals surface area contributed by atoms with E-state index in [2.05, 4.69) is 26.2 Å². The predicted octanol–water partition coefficient (Wildman–Crippen LogP) is 4.08. The molecule has 0 aliphatic carbocycles. The van der Waals surface area contributed by atoms with Crippen LogP contribution in [0.4, 0.5) is 11.5 Å². The van der Waals surface area contributed by atoms with Crippen molar-refractivity contribution in [3.05, 3.63) is 59.2 Å². The molecule has 0 fully saturated rings. The molecular formula is C19H18BrN3O2. The number of aromatic nitrogens is 1. The van der Waals surface area contributed by atoms with Gasteiger partial charge in [0.15, 0.2) is 12.4 Å². The Morgan fingerprint density at radius 1 is 1.16 bits per heavy atom. The number of hydrogen-bond acceptors (Lipinski definition) is 4. The topological polar surface area (TPSA) is 54.5 Å². The lowest BCUT2D eigenvalue weighted by Gasteiger charge is -2.16. The Bertz CT molecular complexity index is 912. The summed E-state index contributed by atoms with van der Waals surface area (Å²) in [4.78, 5) is 18.3. The summed E-state index contributed by atoms with van der Waals surface area (Å²) in [6.45, 7) is -0.0846. The average molecular weight is 400 g/mol. The number of pyridine rings is 1. The lowest BCUT2D eigenvalue weighted by atomic mass is 10.1. The third-order valence-corrected chi connectivity index (χ3v) is 4.49. The van der Waals surface area contributed by atoms with Crippen molar-refractivity contribution in [2.45, 2.75) is 0 Å². The average Bonchev–Trinajstić information content (AvgIpc) is 2.61. The molecule has 0 aliphatic rings. The standard InChI is InChI=1S/C19H18BrN3O2/c1-23(2)19-15(8-5-11-21-19)22-17(24)12-25-16-10-9-13-6-3-4-7-14(13)18(16)20/h3-11H,12H2,1-2H3,(H,22,24). The highest BCUT2D eigenvalue weighted by Gasteiger charge is 2.11. The SMILES string of the molecule is CN(C)c1ncccc1NC(=O)COc1ccc2ccccc2c1Br. The fourth-order valence-corrected chi connectivity index (χ4v) is 3.11. The summed E-state index contributed by atoms with van der Waals surface area (Å²) in [6, 6.07) is 15.4. The van der Waals surface area contributed by atoms with Crippen LogP contribution in [-0.2, 0) is 4.79 Å². The van der Waals surface area contributed by atoms with E-state index in [1.54, 1.807) is 12.3 Å². The van der Waals surface area contributed by atoms with E-state index >= 15 is 0 Å². The number of anilines is 2. The third kappa shape index (κ3) is 3.91. The summed E-state index contributed by atoms with van der Waals surface area (Å²) < 4.78 is 6.53. The first-order valence-corrected chi connectivity index (χ1v) is 8.58. The van der Waals surface area contributed by atoms with Crippen LogP contribution in [-0.4, -0.2) is 31.6 Å². The first-order chi connectivity index (χ1) is 12.1. The van der Waals surface area contributed by atoms with Crippen LogP contribution in [0.5, 0.6) is 5.75 Å². The number of carbonyl (C=O) groups excluding carboxylic acids is 1. The van der Waals surface area contributed by atoms with Gasteiger partial charge in [-0.05, 0) is 44.9 Å². The van der Waals surface area contributed by atoms with Crippen molar-refractivity contribution in [2.24, 2.45) is 0 Å². The molecule has 0 spiro atoms. The molecule has 3 rings (SSSR count). The van der Waals surface area contributed by atoms with Crippen LogP contribution in [0, 0.1) is 0 Å². The molecule has 0 bridgehead atoms. The summed E-state index contributed by atoms with van der Waals surface area (Å²) in [7, 11) is 3.75. The van der Waals surface area contributed by atoms with Gasteiger partial charge in [-0.2, -0.15) is 0 Å². The van der Waals surface area contributed by atoms with Gasteiger partial charge in [0.05, 0.1) is 10.2 Å². The minimum absolute atomic E-state index is 0.0846. The van der Waals surface area contributed by atoms with Gasteiger partial charge in [0.1, 0.15) is 5.75 Å². The van der Waals surface area contributed by atoms with Crippen LogP contribution in [0.25, 0.3) is 10.8 Å². The molecule has 3 aromatic rings. The Morgan fingerprint density at radius 2 is 1.96 bits per heavy atom. The highest BCUT2D eigenvalue weighted by atomic mass is 79.9. The van der Waals surface area contributed by atoms with Crippen molar-refractivity contribution < 1.29 is 9.53 Å². The predicted molar refractivity (Wildman–Crippen MR) is 104 cm³/mol. The molecular weight excluding hydrogens is 382 g/mol. The van der Waals surface area contributed by atoms with Gasteiger partial charge in [0.25, 0.3) is 5.91 Å². The van der Waals surface area contributed by atoms with Crippen LogP contribution in [0.1, 0.15) is 0 Å². The van der Waals surface area contributed by atoms with Crippen molar-refractivity contribution in [2.75, 3.05) is 30.9 Å². The minimum atomic E-state index is -0.240. The van der Waals surface area contributed by atoms with Crippen LogP contribution < -0.4 is 15.0 Å². The van der Waals surface area contributed by atoms with E-state index in [1.165, 1.54) is 0 Å². The van der Waals surface area contributed by atoms with E-state index in [0.717, 1.165) is 15.2 Å². The van der Waals surface area contributed by atoms with E-state index in [9.17, 15) is 4.79 Å². The van der Waals surface area contributed by atoms with Crippen molar-refractivity contribution in [3.63, 3.8) is 0 Å². The molecule has 6 heteroatoms. The maximum Gasteiger partial charge on any atom is 0.262 e. The van der Waals surface area contributed by atoms with E-state index in [0.29, 0.717) is 17.3 Å². The van der Waals surface area contributed by atoms with Gasteiger partial charge in [-0.25, -0.2) is 4.98 Å². The van der Waals surface area contributed by atoms with E-state index in [1.807, 2.05) is 61.5 Å². The molecule has 1 amide bonds. The Kier molecular flexibility index (Phi) is 5.19. The van der Waals surface area contributed by atoms with Crippen molar-refractivity contribution in [1.29, 1.82) is 0 Å². The van der Waals surface area contributed by atoms with Gasteiger partial charge in [0, 0.05) is 20.3 Å². The van der Waals surface area contributed by atoms with Crippen molar-refractivity contribution in [1.82, 2.24) is 4.98 Å². The molecule has 0 saturated heterocycles. The fraction of sp³-hybridized carbons (Fsp3) is 0.158. The third-order valence-electron chi connectivity index (χ3n) is 3.67. The van der Waals surface area contributed by atoms with Crippen LogP contribution in [0.3, 0.4) is 0 Å². The second-order valence-electron chi connectivity index (χ2n) is 5.70. The van der Waals surface area contributed by atoms with Crippen LogP contribution in [0.2, 0.25) is 0 Å². The van der Waals surface area contributed by atoms with Gasteiger partial charge >= 0.3 is 0 Å². The van der Waals surface area contributed by atoms with Gasteiger partial charge in [-0.3, -0.25) is 4.79 Å². The number of rotatable bonds is 5. The molecule has 5 nitrogen and oxygen atoms in total. The maximum atomic E-state index is 12.2. The molecule has 0 atom stereocenters. The zero-order valence-corrected chi connectivity index (χ0v) is 15.6. The summed E-state index contributed by atoms with van der Waals surface area (Å²) in [5, 5.41) is 4.99. The molecule has 2 aromatic carbocycles. The van der Waals surface area contributed by atoms with Gasteiger partial charge in [-0.15, -0.1) is 0 Å². The molecule has 1 N–H and O–H groups in total. The molecule has 0 unspecified atom stereocenters. The minimum Gasteiger partial charge on any atom is -0.483 e. The molecule has 1 heterocycles. The first-order valence-electron chi connectivity index (χ1n) is 7.78. The van der Waals surface area contributed by atoms with Crippen LogP contribution >= 0.6 is 15.9 Å². The molecule has 25 heavy (non-hydrogen) atoms. The second-order valence-corrected chi connectivity index (χ2v) is 6.50. The van der Waals surface area contributed by atoms with E-state index in [-0.39, 0.29) is 12.5 Å². The highest BCUT2D eigenvalue weighted by molar-refractivity contribution is 9.10. The summed E-state index contributed by atoms with van der Waals surface area (Å²) in [5.74, 6) is 1.09. The number of amides is 1. The Morgan fingerprint density at radius 3 is 2.76 bits per heavy atom. The van der Waals surface area contributed by atoms with E-state index < -0.39 is 0 Å². The zero-order chi connectivity index (χ0) is 17.8. The largest absolute Gasteiger partial charge is 0.483 e. The number of benzene rings is 2. The molecule has 1 aromatic heterocycles.